The van der Waals surface area contributed by atoms with Crippen LogP contribution in [0.4, 0.5) is 0 Å². The van der Waals surface area contributed by atoms with Gasteiger partial charge in [-0.1, -0.05) is 19.8 Å². The van der Waals surface area contributed by atoms with Gasteiger partial charge in [0.05, 0.1) is 13.2 Å². The second-order valence-electron chi connectivity index (χ2n) is 3.97. The van der Waals surface area contributed by atoms with Gasteiger partial charge in [-0.05, 0) is 20.4 Å². The summed E-state index contributed by atoms with van der Waals surface area (Å²) in [7, 11) is 3.24. The summed E-state index contributed by atoms with van der Waals surface area (Å²) in [6.07, 6.45) is 2.40. The highest BCUT2D eigenvalue weighted by Gasteiger charge is 2.23. The number of hydrogen-bond acceptors (Lipinski definition) is 4. The van der Waals surface area contributed by atoms with Crippen LogP contribution in [0, 0.1) is 0 Å². The van der Waals surface area contributed by atoms with Gasteiger partial charge in [-0.3, -0.25) is 9.69 Å². The molecule has 0 radical (unpaired) electrons. The molecule has 0 aromatic rings. The normalized spacial score (nSPS) is 15.1. The third-order valence-corrected chi connectivity index (χ3v) is 2.39. The van der Waals surface area contributed by atoms with Crippen molar-refractivity contribution >= 4 is 5.97 Å². The molecule has 4 nitrogen and oxygen atoms in total. The van der Waals surface area contributed by atoms with Crippen LogP contribution >= 0.6 is 0 Å². The van der Waals surface area contributed by atoms with E-state index in [2.05, 4.69) is 6.92 Å². The van der Waals surface area contributed by atoms with E-state index in [9.17, 15) is 9.90 Å². The molecule has 0 spiro atoms. The Morgan fingerprint density at radius 1 is 1.53 bits per heavy atom. The zero-order valence-corrected chi connectivity index (χ0v) is 10.2. The van der Waals surface area contributed by atoms with Crippen LogP contribution in [0.15, 0.2) is 0 Å². The molecule has 0 fully saturated rings. The number of carbonyl (C=O) groups excluding carboxylic acids is 1. The van der Waals surface area contributed by atoms with Crippen LogP contribution in [0.5, 0.6) is 0 Å². The fourth-order valence-electron chi connectivity index (χ4n) is 1.60. The summed E-state index contributed by atoms with van der Waals surface area (Å²) < 4.78 is 4.75. The number of methoxy groups -OCH3 is 1. The number of likely N-dealkylation sites (N-methyl/N-ethyl adjacent to an activating group) is 1. The third-order valence-electron chi connectivity index (χ3n) is 2.39. The van der Waals surface area contributed by atoms with E-state index in [0.717, 1.165) is 19.3 Å². The van der Waals surface area contributed by atoms with Crippen LogP contribution < -0.4 is 0 Å². The fourth-order valence-corrected chi connectivity index (χ4v) is 1.60. The van der Waals surface area contributed by atoms with Gasteiger partial charge in [-0.2, -0.15) is 0 Å². The predicted molar refractivity (Wildman–Crippen MR) is 59.6 cm³/mol. The average molecular weight is 217 g/mol. The molecule has 0 aliphatic carbocycles. The van der Waals surface area contributed by atoms with Crippen molar-refractivity contribution in [1.29, 1.82) is 0 Å². The van der Waals surface area contributed by atoms with E-state index < -0.39 is 6.10 Å². The van der Waals surface area contributed by atoms with Crippen molar-refractivity contribution in [2.45, 2.75) is 45.3 Å². The number of esters is 1. The average Bonchev–Trinajstić information content (AvgIpc) is 2.16. The maximum absolute atomic E-state index is 11.5. The summed E-state index contributed by atoms with van der Waals surface area (Å²) in [5.74, 6) is -0.216. The summed E-state index contributed by atoms with van der Waals surface area (Å²) in [4.78, 5) is 13.3. The molecule has 0 aliphatic heterocycles. The van der Waals surface area contributed by atoms with E-state index in [1.54, 1.807) is 6.92 Å². The van der Waals surface area contributed by atoms with Crippen LogP contribution in [0.3, 0.4) is 0 Å². The number of rotatable bonds is 7. The Labute approximate surface area is 92.2 Å². The first-order valence-electron chi connectivity index (χ1n) is 5.49. The highest BCUT2D eigenvalue weighted by Crippen LogP contribution is 2.09. The number of aliphatic hydroxyl groups excluding tert-OH is 1. The Balaban J connectivity index is 4.26. The van der Waals surface area contributed by atoms with Crippen LogP contribution in [-0.2, 0) is 9.53 Å². The van der Waals surface area contributed by atoms with E-state index in [1.807, 2.05) is 11.9 Å². The lowest BCUT2D eigenvalue weighted by Gasteiger charge is -2.26. The fraction of sp³-hybridized carbons (Fsp3) is 0.909. The van der Waals surface area contributed by atoms with Gasteiger partial charge in [0.2, 0.25) is 0 Å². The van der Waals surface area contributed by atoms with Crippen molar-refractivity contribution in [2.24, 2.45) is 0 Å². The maximum Gasteiger partial charge on any atom is 0.323 e. The number of ether oxygens (including phenoxy) is 1. The molecule has 2 unspecified atom stereocenters. The molecule has 4 heteroatoms. The lowest BCUT2D eigenvalue weighted by atomic mass is 10.1. The number of unbranched alkanes of at least 4 members (excludes halogenated alkanes) is 1. The molecule has 0 heterocycles. The number of carbonyl (C=O) groups is 1. The van der Waals surface area contributed by atoms with E-state index >= 15 is 0 Å². The third kappa shape index (κ3) is 5.74. The van der Waals surface area contributed by atoms with Gasteiger partial charge in [0.25, 0.3) is 0 Å². The Bertz CT molecular complexity index is 183. The number of aliphatic hydroxyl groups is 1. The van der Waals surface area contributed by atoms with Crippen molar-refractivity contribution in [3.8, 4) is 0 Å². The van der Waals surface area contributed by atoms with Gasteiger partial charge < -0.3 is 9.84 Å². The van der Waals surface area contributed by atoms with Gasteiger partial charge in [-0.25, -0.2) is 0 Å². The first kappa shape index (κ1) is 14.4. The van der Waals surface area contributed by atoms with Gasteiger partial charge in [0.1, 0.15) is 6.04 Å². The first-order chi connectivity index (χ1) is 7.02. The minimum Gasteiger partial charge on any atom is -0.468 e. The topological polar surface area (TPSA) is 49.8 Å². The molecule has 0 aliphatic rings. The van der Waals surface area contributed by atoms with E-state index in [4.69, 9.17) is 4.74 Å². The molecule has 90 valence electrons. The zero-order chi connectivity index (χ0) is 11.8. The monoisotopic (exact) mass is 217 g/mol. The maximum atomic E-state index is 11.5. The van der Waals surface area contributed by atoms with Crippen molar-refractivity contribution in [3.05, 3.63) is 0 Å². The Kier molecular flexibility index (Phi) is 7.34. The molecule has 0 aromatic heterocycles. The molecule has 0 saturated heterocycles. The van der Waals surface area contributed by atoms with Crippen molar-refractivity contribution < 1.29 is 14.6 Å². The number of hydrogen-bond donors (Lipinski definition) is 1. The molecule has 0 amide bonds. The highest BCUT2D eigenvalue weighted by atomic mass is 16.5. The molecular formula is C11H23NO3. The standard InChI is InChI=1S/C11H23NO3/c1-5-6-7-10(11(14)15-4)12(3)8-9(2)13/h9-10,13H,5-8H2,1-4H3. The second-order valence-corrected chi connectivity index (χ2v) is 3.97. The van der Waals surface area contributed by atoms with Crippen LogP contribution in [0.25, 0.3) is 0 Å². The lowest BCUT2D eigenvalue weighted by molar-refractivity contribution is -0.147. The van der Waals surface area contributed by atoms with E-state index in [1.165, 1.54) is 7.11 Å². The van der Waals surface area contributed by atoms with Crippen molar-refractivity contribution in [3.63, 3.8) is 0 Å². The van der Waals surface area contributed by atoms with E-state index in [0.29, 0.717) is 6.54 Å². The largest absolute Gasteiger partial charge is 0.468 e. The quantitative estimate of drug-likeness (QED) is 0.647. The summed E-state index contributed by atoms with van der Waals surface area (Å²) in [5.41, 5.74) is 0. The lowest BCUT2D eigenvalue weighted by Crippen LogP contribution is -2.42. The van der Waals surface area contributed by atoms with Crippen LogP contribution in [0.2, 0.25) is 0 Å². The zero-order valence-electron chi connectivity index (χ0n) is 10.2. The predicted octanol–water partition coefficient (Wildman–Crippen LogP) is 1.03. The molecule has 0 bridgehead atoms. The molecule has 2 atom stereocenters. The smallest absolute Gasteiger partial charge is 0.323 e. The van der Waals surface area contributed by atoms with Gasteiger partial charge in [0.15, 0.2) is 0 Å². The first-order valence-corrected chi connectivity index (χ1v) is 5.49. The number of nitrogens with zero attached hydrogens (tertiary/aromatic N) is 1. The summed E-state index contributed by atoms with van der Waals surface area (Å²) in [5, 5.41) is 9.26. The van der Waals surface area contributed by atoms with Crippen molar-refractivity contribution in [2.75, 3.05) is 20.7 Å². The van der Waals surface area contributed by atoms with E-state index in [-0.39, 0.29) is 12.0 Å². The van der Waals surface area contributed by atoms with Crippen molar-refractivity contribution in [1.82, 2.24) is 4.90 Å². The molecule has 0 rings (SSSR count). The molecule has 0 aromatic carbocycles. The highest BCUT2D eigenvalue weighted by molar-refractivity contribution is 5.75. The summed E-state index contributed by atoms with van der Waals surface area (Å²) >= 11 is 0. The van der Waals surface area contributed by atoms with Gasteiger partial charge >= 0.3 is 5.97 Å². The summed E-state index contributed by atoms with van der Waals surface area (Å²) in [6.45, 7) is 4.29. The Morgan fingerprint density at radius 2 is 2.13 bits per heavy atom. The van der Waals surface area contributed by atoms with Crippen LogP contribution in [-0.4, -0.2) is 48.8 Å². The Hall–Kier alpha value is -0.610. The molecule has 1 N–H and O–H groups in total. The molecular weight excluding hydrogens is 194 g/mol. The van der Waals surface area contributed by atoms with Gasteiger partial charge in [-0.15, -0.1) is 0 Å². The summed E-state index contributed by atoms with van der Waals surface area (Å²) in [6, 6.07) is -0.232. The second kappa shape index (κ2) is 7.65. The van der Waals surface area contributed by atoms with Gasteiger partial charge in [0, 0.05) is 6.54 Å². The van der Waals surface area contributed by atoms with Crippen LogP contribution in [0.1, 0.15) is 33.1 Å². The minimum atomic E-state index is -0.427. The minimum absolute atomic E-state index is 0.216. The molecule has 0 saturated carbocycles. The Morgan fingerprint density at radius 3 is 2.53 bits per heavy atom. The SMILES string of the molecule is CCCCC(C(=O)OC)N(C)CC(C)O. The molecule has 15 heavy (non-hydrogen) atoms.